The number of anilines is 1. The van der Waals surface area contributed by atoms with Crippen molar-refractivity contribution in [2.75, 3.05) is 11.9 Å². The summed E-state index contributed by atoms with van der Waals surface area (Å²) in [5.41, 5.74) is 1.41. The van der Waals surface area contributed by atoms with E-state index in [0.717, 1.165) is 5.56 Å². The van der Waals surface area contributed by atoms with E-state index in [2.05, 4.69) is 16.0 Å². The van der Waals surface area contributed by atoms with Gasteiger partial charge in [-0.15, -0.1) is 0 Å². The molecule has 0 saturated carbocycles. The standard InChI is InChI=1S/C15H20F3N3O2/c1-3-13(22)21-12-6-4-11(5-7-12)10(2)20-14(23)19-9-8-15(16,17)18/h4-7,10H,3,8-9H2,1-2H3,(H,21,22)(H2,19,20,23)/t10-/m0/s1. The molecule has 0 unspecified atom stereocenters. The Morgan fingerprint density at radius 2 is 1.78 bits per heavy atom. The number of carbonyl (C=O) groups excluding carboxylic acids is 2. The van der Waals surface area contributed by atoms with E-state index in [1.807, 2.05) is 0 Å². The van der Waals surface area contributed by atoms with Gasteiger partial charge in [0.15, 0.2) is 0 Å². The summed E-state index contributed by atoms with van der Waals surface area (Å²) < 4.78 is 36.0. The maximum atomic E-state index is 12.0. The van der Waals surface area contributed by atoms with Crippen LogP contribution in [0.25, 0.3) is 0 Å². The van der Waals surface area contributed by atoms with Crippen molar-refractivity contribution in [2.24, 2.45) is 0 Å². The number of urea groups is 1. The quantitative estimate of drug-likeness (QED) is 0.748. The highest BCUT2D eigenvalue weighted by Crippen LogP contribution is 2.18. The van der Waals surface area contributed by atoms with Crippen LogP contribution in [0.2, 0.25) is 0 Å². The first-order valence-corrected chi connectivity index (χ1v) is 7.22. The first-order valence-electron chi connectivity index (χ1n) is 7.22. The molecule has 0 aliphatic rings. The zero-order valence-corrected chi connectivity index (χ0v) is 13.0. The van der Waals surface area contributed by atoms with Crippen molar-refractivity contribution in [3.8, 4) is 0 Å². The van der Waals surface area contributed by atoms with Gasteiger partial charge in [-0.3, -0.25) is 4.79 Å². The fourth-order valence-electron chi connectivity index (χ4n) is 1.75. The zero-order chi connectivity index (χ0) is 17.5. The maximum absolute atomic E-state index is 12.0. The molecular formula is C15H20F3N3O2. The Morgan fingerprint density at radius 1 is 1.17 bits per heavy atom. The fraction of sp³-hybridized carbons (Fsp3) is 0.467. The zero-order valence-electron chi connectivity index (χ0n) is 13.0. The second-order valence-electron chi connectivity index (χ2n) is 5.01. The van der Waals surface area contributed by atoms with Crippen LogP contribution < -0.4 is 16.0 Å². The highest BCUT2D eigenvalue weighted by atomic mass is 19.4. The summed E-state index contributed by atoms with van der Waals surface area (Å²) >= 11 is 0. The van der Waals surface area contributed by atoms with Crippen molar-refractivity contribution in [3.05, 3.63) is 29.8 Å². The van der Waals surface area contributed by atoms with Crippen LogP contribution in [0.1, 0.15) is 38.3 Å². The predicted molar refractivity (Wildman–Crippen MR) is 81.0 cm³/mol. The van der Waals surface area contributed by atoms with E-state index in [1.165, 1.54) is 0 Å². The number of amides is 3. The van der Waals surface area contributed by atoms with Gasteiger partial charge in [0.1, 0.15) is 0 Å². The van der Waals surface area contributed by atoms with Crippen molar-refractivity contribution in [2.45, 2.75) is 38.9 Å². The third-order valence-corrected chi connectivity index (χ3v) is 3.06. The molecule has 0 heterocycles. The van der Waals surface area contributed by atoms with E-state index in [1.54, 1.807) is 38.1 Å². The van der Waals surface area contributed by atoms with Gasteiger partial charge in [0, 0.05) is 18.7 Å². The lowest BCUT2D eigenvalue weighted by molar-refractivity contribution is -0.133. The van der Waals surface area contributed by atoms with Crippen LogP contribution in [0.4, 0.5) is 23.7 Å². The molecule has 5 nitrogen and oxygen atoms in total. The van der Waals surface area contributed by atoms with Gasteiger partial charge in [-0.25, -0.2) is 4.79 Å². The molecule has 0 spiro atoms. The lowest BCUT2D eigenvalue weighted by Crippen LogP contribution is -2.38. The molecule has 0 aromatic heterocycles. The summed E-state index contributed by atoms with van der Waals surface area (Å²) in [6, 6.07) is 5.81. The number of benzene rings is 1. The SMILES string of the molecule is CCC(=O)Nc1ccc([C@H](C)NC(=O)NCCC(F)(F)F)cc1. The number of hydrogen-bond donors (Lipinski definition) is 3. The van der Waals surface area contributed by atoms with E-state index in [0.29, 0.717) is 12.1 Å². The monoisotopic (exact) mass is 331 g/mol. The average Bonchev–Trinajstić information content (AvgIpc) is 2.46. The molecule has 1 atom stereocenters. The Hall–Kier alpha value is -2.25. The van der Waals surface area contributed by atoms with Gasteiger partial charge in [-0.2, -0.15) is 13.2 Å². The van der Waals surface area contributed by atoms with E-state index in [-0.39, 0.29) is 11.9 Å². The lowest BCUT2D eigenvalue weighted by atomic mass is 10.1. The van der Waals surface area contributed by atoms with Crippen LogP contribution in [-0.4, -0.2) is 24.7 Å². The summed E-state index contributed by atoms with van der Waals surface area (Å²) in [6.45, 7) is 2.99. The smallest absolute Gasteiger partial charge is 0.338 e. The Morgan fingerprint density at radius 3 is 2.30 bits per heavy atom. The predicted octanol–water partition coefficient (Wildman–Crippen LogP) is 3.35. The molecule has 0 radical (unpaired) electrons. The topological polar surface area (TPSA) is 70.2 Å². The molecule has 128 valence electrons. The molecule has 0 aliphatic carbocycles. The Labute approximate surface area is 132 Å². The van der Waals surface area contributed by atoms with Gasteiger partial charge >= 0.3 is 12.2 Å². The minimum absolute atomic E-state index is 0.104. The number of alkyl halides is 3. The highest BCUT2D eigenvalue weighted by Gasteiger charge is 2.26. The van der Waals surface area contributed by atoms with Gasteiger partial charge < -0.3 is 16.0 Å². The van der Waals surface area contributed by atoms with Crippen molar-refractivity contribution < 1.29 is 22.8 Å². The van der Waals surface area contributed by atoms with E-state index in [4.69, 9.17) is 0 Å². The number of halogens is 3. The van der Waals surface area contributed by atoms with Crippen LogP contribution in [-0.2, 0) is 4.79 Å². The summed E-state index contributed by atoms with van der Waals surface area (Å²) in [4.78, 5) is 22.8. The summed E-state index contributed by atoms with van der Waals surface area (Å²) in [5.74, 6) is -0.104. The number of carbonyl (C=O) groups is 2. The van der Waals surface area contributed by atoms with Gasteiger partial charge in [0.2, 0.25) is 5.91 Å². The van der Waals surface area contributed by atoms with Crippen LogP contribution in [0.5, 0.6) is 0 Å². The van der Waals surface area contributed by atoms with Gasteiger partial charge in [-0.1, -0.05) is 19.1 Å². The van der Waals surface area contributed by atoms with Crippen molar-refractivity contribution in [3.63, 3.8) is 0 Å². The molecule has 1 rings (SSSR count). The van der Waals surface area contributed by atoms with Crippen LogP contribution in [0, 0.1) is 0 Å². The summed E-state index contributed by atoms with van der Waals surface area (Å²) in [6.07, 6.45) is -4.99. The van der Waals surface area contributed by atoms with Crippen LogP contribution >= 0.6 is 0 Å². The third-order valence-electron chi connectivity index (χ3n) is 3.06. The Balaban J connectivity index is 2.46. The molecular weight excluding hydrogens is 311 g/mol. The maximum Gasteiger partial charge on any atom is 0.390 e. The first-order chi connectivity index (χ1) is 10.7. The van der Waals surface area contributed by atoms with Crippen molar-refractivity contribution >= 4 is 17.6 Å². The largest absolute Gasteiger partial charge is 0.390 e. The van der Waals surface area contributed by atoms with Crippen LogP contribution in [0.15, 0.2) is 24.3 Å². The second-order valence-corrected chi connectivity index (χ2v) is 5.01. The average molecular weight is 331 g/mol. The molecule has 1 aromatic rings. The summed E-state index contributed by atoms with van der Waals surface area (Å²) in [5, 5.41) is 7.40. The van der Waals surface area contributed by atoms with E-state index in [9.17, 15) is 22.8 Å². The van der Waals surface area contributed by atoms with Crippen LogP contribution in [0.3, 0.4) is 0 Å². The van der Waals surface area contributed by atoms with E-state index >= 15 is 0 Å². The molecule has 1 aromatic carbocycles. The summed E-state index contributed by atoms with van der Waals surface area (Å²) in [7, 11) is 0. The molecule has 0 fully saturated rings. The Kier molecular flexibility index (Phi) is 6.87. The second kappa shape index (κ2) is 8.40. The number of nitrogens with one attached hydrogen (secondary N) is 3. The minimum atomic E-state index is -4.29. The lowest BCUT2D eigenvalue weighted by Gasteiger charge is -2.16. The highest BCUT2D eigenvalue weighted by molar-refractivity contribution is 5.90. The number of rotatable bonds is 6. The molecule has 0 bridgehead atoms. The molecule has 3 N–H and O–H groups in total. The van der Waals surface area contributed by atoms with Gasteiger partial charge in [0.05, 0.1) is 12.5 Å². The molecule has 3 amide bonds. The first kappa shape index (κ1) is 18.8. The molecule has 23 heavy (non-hydrogen) atoms. The van der Waals surface area contributed by atoms with Crippen molar-refractivity contribution in [1.82, 2.24) is 10.6 Å². The van der Waals surface area contributed by atoms with E-state index < -0.39 is 25.2 Å². The number of hydrogen-bond acceptors (Lipinski definition) is 2. The normalized spacial score (nSPS) is 12.4. The molecule has 8 heteroatoms. The van der Waals surface area contributed by atoms with Gasteiger partial charge in [-0.05, 0) is 24.6 Å². The molecule has 0 saturated heterocycles. The Bertz CT molecular complexity index is 530. The molecule has 0 aliphatic heterocycles. The van der Waals surface area contributed by atoms with Crippen molar-refractivity contribution in [1.29, 1.82) is 0 Å². The fourth-order valence-corrected chi connectivity index (χ4v) is 1.75. The third kappa shape index (κ3) is 7.53. The minimum Gasteiger partial charge on any atom is -0.338 e. The van der Waals surface area contributed by atoms with Gasteiger partial charge in [0.25, 0.3) is 0 Å².